The Morgan fingerprint density at radius 1 is 1.17 bits per heavy atom. The summed E-state index contributed by atoms with van der Waals surface area (Å²) in [6.07, 6.45) is 0. The first kappa shape index (κ1) is 17.3. The minimum Gasteiger partial charge on any atom is -0.335 e. The third-order valence-electron chi connectivity index (χ3n) is 3.83. The van der Waals surface area contributed by atoms with E-state index in [0.717, 1.165) is 0 Å². The summed E-state index contributed by atoms with van der Waals surface area (Å²) in [4.78, 5) is 17.9. The maximum Gasteiger partial charge on any atom is 0.273 e. The SMILES string of the molecule is O=C(c1cscn1)N1CCN(S(=O)(=O)Cc2ccc(Cl)cc2)CC1. The zero-order valence-corrected chi connectivity index (χ0v) is 15.1. The molecule has 0 unspecified atom stereocenters. The van der Waals surface area contributed by atoms with Gasteiger partial charge >= 0.3 is 0 Å². The molecule has 0 saturated carbocycles. The van der Waals surface area contributed by atoms with Crippen molar-refractivity contribution >= 4 is 38.9 Å². The minimum absolute atomic E-state index is 0.0653. The molecule has 0 aliphatic carbocycles. The number of carbonyl (C=O) groups is 1. The zero-order valence-electron chi connectivity index (χ0n) is 12.8. The van der Waals surface area contributed by atoms with Crippen molar-refractivity contribution in [2.24, 2.45) is 0 Å². The van der Waals surface area contributed by atoms with Gasteiger partial charge in [0, 0.05) is 36.6 Å². The molecular formula is C15H16ClN3O3S2. The largest absolute Gasteiger partial charge is 0.335 e. The van der Waals surface area contributed by atoms with E-state index in [-0.39, 0.29) is 11.7 Å². The molecule has 0 N–H and O–H groups in total. The first-order valence-electron chi connectivity index (χ1n) is 7.35. The van der Waals surface area contributed by atoms with E-state index in [4.69, 9.17) is 11.6 Å². The van der Waals surface area contributed by atoms with E-state index in [9.17, 15) is 13.2 Å². The number of piperazine rings is 1. The molecule has 1 fully saturated rings. The molecule has 1 saturated heterocycles. The third-order valence-corrected chi connectivity index (χ3v) is 6.52. The van der Waals surface area contributed by atoms with Crippen LogP contribution in [-0.4, -0.2) is 54.7 Å². The predicted molar refractivity (Wildman–Crippen MR) is 93.7 cm³/mol. The van der Waals surface area contributed by atoms with Gasteiger partial charge in [-0.25, -0.2) is 13.4 Å². The van der Waals surface area contributed by atoms with Crippen LogP contribution in [0.25, 0.3) is 0 Å². The lowest BCUT2D eigenvalue weighted by molar-refractivity contribution is 0.0692. The van der Waals surface area contributed by atoms with Crippen LogP contribution in [0.2, 0.25) is 5.02 Å². The number of amides is 1. The molecule has 1 aromatic carbocycles. The molecule has 3 rings (SSSR count). The number of nitrogens with zero attached hydrogens (tertiary/aromatic N) is 3. The minimum atomic E-state index is -3.41. The summed E-state index contributed by atoms with van der Waals surface area (Å²) in [6.45, 7) is 1.34. The summed E-state index contributed by atoms with van der Waals surface area (Å²) in [7, 11) is -3.41. The van der Waals surface area contributed by atoms with Crippen LogP contribution < -0.4 is 0 Å². The van der Waals surface area contributed by atoms with Crippen molar-refractivity contribution in [3.05, 3.63) is 51.4 Å². The molecule has 1 aliphatic rings. The predicted octanol–water partition coefficient (Wildman–Crippen LogP) is 2.08. The van der Waals surface area contributed by atoms with Crippen LogP contribution in [0.15, 0.2) is 35.2 Å². The highest BCUT2D eigenvalue weighted by molar-refractivity contribution is 7.88. The summed E-state index contributed by atoms with van der Waals surface area (Å²) in [5.41, 5.74) is 2.72. The first-order chi connectivity index (χ1) is 11.5. The van der Waals surface area contributed by atoms with Crippen molar-refractivity contribution in [3.8, 4) is 0 Å². The molecule has 128 valence electrons. The normalized spacial score (nSPS) is 16.3. The van der Waals surface area contributed by atoms with E-state index in [1.165, 1.54) is 15.6 Å². The Morgan fingerprint density at radius 2 is 1.83 bits per heavy atom. The van der Waals surface area contributed by atoms with Crippen molar-refractivity contribution < 1.29 is 13.2 Å². The van der Waals surface area contributed by atoms with Gasteiger partial charge in [-0.1, -0.05) is 23.7 Å². The summed E-state index contributed by atoms with van der Waals surface area (Å²) in [5.74, 6) is -0.212. The van der Waals surface area contributed by atoms with Crippen molar-refractivity contribution in [1.29, 1.82) is 0 Å². The second-order valence-corrected chi connectivity index (χ2v) is 8.57. The number of hydrogen-bond donors (Lipinski definition) is 0. The van der Waals surface area contributed by atoms with E-state index in [2.05, 4.69) is 4.98 Å². The number of thiazole rings is 1. The average Bonchev–Trinajstić information content (AvgIpc) is 3.11. The lowest BCUT2D eigenvalue weighted by Crippen LogP contribution is -2.50. The number of sulfonamides is 1. The van der Waals surface area contributed by atoms with Gasteiger partial charge in [0.15, 0.2) is 0 Å². The van der Waals surface area contributed by atoms with Crippen LogP contribution in [0.5, 0.6) is 0 Å². The van der Waals surface area contributed by atoms with Gasteiger partial charge in [-0.3, -0.25) is 4.79 Å². The Kier molecular flexibility index (Phi) is 5.19. The summed E-state index contributed by atoms with van der Waals surface area (Å²) in [5, 5.41) is 2.27. The van der Waals surface area contributed by atoms with Gasteiger partial charge in [0.25, 0.3) is 5.91 Å². The Morgan fingerprint density at radius 3 is 2.42 bits per heavy atom. The van der Waals surface area contributed by atoms with Gasteiger partial charge < -0.3 is 4.90 Å². The van der Waals surface area contributed by atoms with Gasteiger partial charge in [-0.2, -0.15) is 4.31 Å². The van der Waals surface area contributed by atoms with Crippen LogP contribution in [0.4, 0.5) is 0 Å². The fourth-order valence-corrected chi connectivity index (χ4v) is 4.70. The van der Waals surface area contributed by atoms with E-state index in [1.807, 2.05) is 0 Å². The Balaban J connectivity index is 1.61. The van der Waals surface area contributed by atoms with Gasteiger partial charge in [-0.05, 0) is 17.7 Å². The highest BCUT2D eigenvalue weighted by atomic mass is 35.5. The highest BCUT2D eigenvalue weighted by Crippen LogP contribution is 2.17. The van der Waals surface area contributed by atoms with Crippen molar-refractivity contribution in [3.63, 3.8) is 0 Å². The van der Waals surface area contributed by atoms with Crippen LogP contribution in [0, 0.1) is 0 Å². The quantitative estimate of drug-likeness (QED) is 0.807. The standard InChI is InChI=1S/C15H16ClN3O3S2/c16-13-3-1-12(2-4-13)10-24(21,22)19-7-5-18(6-8-19)15(20)14-9-23-11-17-14/h1-4,9,11H,5-8,10H2. The molecule has 1 aliphatic heterocycles. The van der Waals surface area contributed by atoms with Crippen molar-refractivity contribution in [2.75, 3.05) is 26.2 Å². The molecule has 0 spiro atoms. The molecule has 6 nitrogen and oxygen atoms in total. The number of aromatic nitrogens is 1. The van der Waals surface area contributed by atoms with Gasteiger partial charge in [0.1, 0.15) is 5.69 Å². The number of halogens is 1. The summed E-state index contributed by atoms with van der Waals surface area (Å²) in [6, 6.07) is 6.78. The number of hydrogen-bond acceptors (Lipinski definition) is 5. The van der Waals surface area contributed by atoms with Gasteiger partial charge in [0.2, 0.25) is 10.0 Å². The van der Waals surface area contributed by atoms with E-state index in [0.29, 0.717) is 42.5 Å². The van der Waals surface area contributed by atoms with Crippen LogP contribution in [-0.2, 0) is 15.8 Å². The van der Waals surface area contributed by atoms with Crippen molar-refractivity contribution in [1.82, 2.24) is 14.2 Å². The monoisotopic (exact) mass is 385 g/mol. The molecule has 2 heterocycles. The second kappa shape index (κ2) is 7.18. The van der Waals surface area contributed by atoms with E-state index in [1.54, 1.807) is 40.1 Å². The number of benzene rings is 1. The van der Waals surface area contributed by atoms with Crippen LogP contribution >= 0.6 is 22.9 Å². The lowest BCUT2D eigenvalue weighted by atomic mass is 10.2. The molecule has 0 radical (unpaired) electrons. The fourth-order valence-electron chi connectivity index (χ4n) is 2.53. The zero-order chi connectivity index (χ0) is 17.2. The van der Waals surface area contributed by atoms with Crippen LogP contribution in [0.3, 0.4) is 0 Å². The van der Waals surface area contributed by atoms with E-state index < -0.39 is 10.0 Å². The third kappa shape index (κ3) is 3.94. The second-order valence-electron chi connectivity index (χ2n) is 5.45. The molecule has 1 aromatic heterocycles. The highest BCUT2D eigenvalue weighted by Gasteiger charge is 2.29. The Hall–Kier alpha value is -1.48. The maximum absolute atomic E-state index is 12.5. The molecule has 1 amide bonds. The fraction of sp³-hybridized carbons (Fsp3) is 0.333. The van der Waals surface area contributed by atoms with Gasteiger partial charge in [0.05, 0.1) is 11.3 Å². The smallest absolute Gasteiger partial charge is 0.273 e. The van der Waals surface area contributed by atoms with E-state index >= 15 is 0 Å². The van der Waals surface area contributed by atoms with Gasteiger partial charge in [-0.15, -0.1) is 11.3 Å². The lowest BCUT2D eigenvalue weighted by Gasteiger charge is -2.33. The molecule has 24 heavy (non-hydrogen) atoms. The number of rotatable bonds is 4. The summed E-state index contributed by atoms with van der Waals surface area (Å²) >= 11 is 7.18. The molecular weight excluding hydrogens is 370 g/mol. The molecule has 0 bridgehead atoms. The Labute approximate surface area is 149 Å². The summed E-state index contributed by atoms with van der Waals surface area (Å²) < 4.78 is 26.5. The molecule has 9 heteroatoms. The topological polar surface area (TPSA) is 70.6 Å². The molecule has 2 aromatic rings. The first-order valence-corrected chi connectivity index (χ1v) is 10.3. The average molecular weight is 386 g/mol. The van der Waals surface area contributed by atoms with Crippen molar-refractivity contribution in [2.45, 2.75) is 5.75 Å². The molecule has 0 atom stereocenters. The number of carbonyl (C=O) groups excluding carboxylic acids is 1. The maximum atomic E-state index is 12.5. The van der Waals surface area contributed by atoms with Crippen LogP contribution in [0.1, 0.15) is 16.1 Å². The Bertz CT molecular complexity index is 799.